The highest BCUT2D eigenvalue weighted by molar-refractivity contribution is 7.89. The van der Waals surface area contributed by atoms with Gasteiger partial charge >= 0.3 is 6.03 Å². The number of piperazine rings is 1. The molecule has 0 spiro atoms. The highest BCUT2D eigenvalue weighted by Crippen LogP contribution is 2.47. The predicted molar refractivity (Wildman–Crippen MR) is 112 cm³/mol. The van der Waals surface area contributed by atoms with Crippen LogP contribution < -0.4 is 5.32 Å². The minimum Gasteiger partial charge on any atom is -0.337 e. The molecule has 0 unspecified atom stereocenters. The molecule has 2 aromatic carbocycles. The molecular formula is C22H24N4O3S. The minimum atomic E-state index is -3.63. The molecule has 0 radical (unpaired) electrons. The number of hydrogen-bond acceptors (Lipinski definition) is 4. The van der Waals surface area contributed by atoms with Crippen molar-refractivity contribution in [2.75, 3.05) is 32.7 Å². The number of urea groups is 1. The van der Waals surface area contributed by atoms with Crippen LogP contribution in [-0.2, 0) is 15.4 Å². The van der Waals surface area contributed by atoms with Crippen molar-refractivity contribution in [1.29, 1.82) is 5.26 Å². The summed E-state index contributed by atoms with van der Waals surface area (Å²) in [6, 6.07) is 18.0. The summed E-state index contributed by atoms with van der Waals surface area (Å²) in [5, 5.41) is 11.9. The van der Waals surface area contributed by atoms with E-state index in [9.17, 15) is 13.2 Å². The fourth-order valence-corrected chi connectivity index (χ4v) is 5.27. The van der Waals surface area contributed by atoms with Crippen LogP contribution in [0.15, 0.2) is 59.5 Å². The molecule has 2 aromatic rings. The molecule has 1 aliphatic heterocycles. The van der Waals surface area contributed by atoms with E-state index in [0.717, 1.165) is 12.8 Å². The fourth-order valence-electron chi connectivity index (χ4n) is 3.85. The molecule has 1 aliphatic carbocycles. The number of carbonyl (C=O) groups excluding carboxylic acids is 1. The van der Waals surface area contributed by atoms with E-state index in [1.165, 1.54) is 34.1 Å². The standard InChI is InChI=1S/C22H24N4O3S/c23-16-18-6-8-20(9-7-18)30(28,29)26-14-12-25(13-15-26)21(27)24-17-22(10-11-22)19-4-2-1-3-5-19/h1-9H,10-15,17H2,(H,24,27). The predicted octanol–water partition coefficient (Wildman–Crippen LogP) is 2.31. The first kappa shape index (κ1) is 20.4. The van der Waals surface area contributed by atoms with Crippen LogP contribution in [0.5, 0.6) is 0 Å². The number of sulfonamides is 1. The van der Waals surface area contributed by atoms with E-state index < -0.39 is 10.0 Å². The average molecular weight is 425 g/mol. The van der Waals surface area contributed by atoms with Crippen molar-refractivity contribution >= 4 is 16.1 Å². The number of nitrogens with one attached hydrogen (secondary N) is 1. The largest absolute Gasteiger partial charge is 0.337 e. The van der Waals surface area contributed by atoms with Crippen molar-refractivity contribution in [3.05, 3.63) is 65.7 Å². The quantitative estimate of drug-likeness (QED) is 0.797. The molecule has 7 nitrogen and oxygen atoms in total. The Hall–Kier alpha value is -2.89. The lowest BCUT2D eigenvalue weighted by atomic mass is 9.96. The number of nitrogens with zero attached hydrogens (tertiary/aromatic N) is 3. The van der Waals surface area contributed by atoms with Gasteiger partial charge in [0.25, 0.3) is 0 Å². The van der Waals surface area contributed by atoms with Crippen molar-refractivity contribution in [3.63, 3.8) is 0 Å². The zero-order valence-corrected chi connectivity index (χ0v) is 17.4. The maximum absolute atomic E-state index is 12.8. The molecule has 1 N–H and O–H groups in total. The van der Waals surface area contributed by atoms with E-state index in [4.69, 9.17) is 5.26 Å². The summed E-state index contributed by atoms with van der Waals surface area (Å²) < 4.78 is 27.0. The molecule has 30 heavy (non-hydrogen) atoms. The Morgan fingerprint density at radius 2 is 1.63 bits per heavy atom. The first-order valence-electron chi connectivity index (χ1n) is 10.0. The molecule has 2 fully saturated rings. The van der Waals surface area contributed by atoms with Gasteiger partial charge in [0, 0.05) is 38.1 Å². The molecule has 0 bridgehead atoms. The maximum Gasteiger partial charge on any atom is 0.317 e. The molecule has 156 valence electrons. The van der Waals surface area contributed by atoms with Crippen LogP contribution in [0.2, 0.25) is 0 Å². The van der Waals surface area contributed by atoms with Crippen LogP contribution in [0.25, 0.3) is 0 Å². The Labute approximate surface area is 177 Å². The van der Waals surface area contributed by atoms with Crippen LogP contribution in [0, 0.1) is 11.3 Å². The molecule has 1 saturated carbocycles. The summed E-state index contributed by atoms with van der Waals surface area (Å²) in [5.41, 5.74) is 1.71. The summed E-state index contributed by atoms with van der Waals surface area (Å²) >= 11 is 0. The molecular weight excluding hydrogens is 400 g/mol. The molecule has 8 heteroatoms. The summed E-state index contributed by atoms with van der Waals surface area (Å²) in [7, 11) is -3.63. The van der Waals surface area contributed by atoms with E-state index >= 15 is 0 Å². The highest BCUT2D eigenvalue weighted by Gasteiger charge is 2.44. The molecule has 2 aliphatic rings. The normalized spacial score (nSPS) is 18.4. The molecule has 0 aromatic heterocycles. The highest BCUT2D eigenvalue weighted by atomic mass is 32.2. The third-order valence-corrected chi connectivity index (χ3v) is 7.88. The first-order chi connectivity index (χ1) is 14.4. The average Bonchev–Trinajstić information content (AvgIpc) is 3.59. The van der Waals surface area contributed by atoms with Gasteiger partial charge in [0.05, 0.1) is 16.5 Å². The number of benzene rings is 2. The third-order valence-electron chi connectivity index (χ3n) is 5.96. The molecule has 2 amide bonds. The third kappa shape index (κ3) is 4.04. The maximum atomic E-state index is 12.8. The minimum absolute atomic E-state index is 0.0394. The van der Waals surface area contributed by atoms with Crippen molar-refractivity contribution in [1.82, 2.24) is 14.5 Å². The number of rotatable bonds is 5. The van der Waals surface area contributed by atoms with Crippen molar-refractivity contribution < 1.29 is 13.2 Å². The van der Waals surface area contributed by atoms with Gasteiger partial charge in [0.15, 0.2) is 0 Å². The van der Waals surface area contributed by atoms with Gasteiger partial charge in [-0.25, -0.2) is 13.2 Å². The number of hydrogen-bond donors (Lipinski definition) is 1. The van der Waals surface area contributed by atoms with Crippen LogP contribution in [0.3, 0.4) is 0 Å². The summed E-state index contributed by atoms with van der Waals surface area (Å²) in [5.74, 6) is 0. The molecule has 1 saturated heterocycles. The lowest BCUT2D eigenvalue weighted by molar-refractivity contribution is 0.171. The second-order valence-corrected chi connectivity index (χ2v) is 9.77. The van der Waals surface area contributed by atoms with E-state index in [2.05, 4.69) is 17.4 Å². The van der Waals surface area contributed by atoms with Gasteiger partial charge in [-0.15, -0.1) is 0 Å². The fraction of sp³-hybridized carbons (Fsp3) is 0.364. The van der Waals surface area contributed by atoms with E-state index in [1.54, 1.807) is 4.90 Å². The smallest absolute Gasteiger partial charge is 0.317 e. The summed E-state index contributed by atoms with van der Waals surface area (Å²) in [6.07, 6.45) is 2.13. The molecule has 1 heterocycles. The first-order valence-corrected chi connectivity index (χ1v) is 11.5. The molecule has 0 atom stereocenters. The lowest BCUT2D eigenvalue weighted by Crippen LogP contribution is -2.53. The zero-order valence-electron chi connectivity index (χ0n) is 16.6. The van der Waals surface area contributed by atoms with Gasteiger partial charge in [0.1, 0.15) is 0 Å². The van der Waals surface area contributed by atoms with Crippen LogP contribution >= 0.6 is 0 Å². The van der Waals surface area contributed by atoms with E-state index in [-0.39, 0.29) is 29.4 Å². The second-order valence-electron chi connectivity index (χ2n) is 7.83. The Morgan fingerprint density at radius 1 is 1.00 bits per heavy atom. The summed E-state index contributed by atoms with van der Waals surface area (Å²) in [6.45, 7) is 1.79. The Kier molecular flexibility index (Phi) is 5.50. The van der Waals surface area contributed by atoms with E-state index in [0.29, 0.717) is 25.2 Å². The van der Waals surface area contributed by atoms with Gasteiger partial charge in [-0.2, -0.15) is 9.57 Å². The van der Waals surface area contributed by atoms with Crippen molar-refractivity contribution in [2.24, 2.45) is 0 Å². The lowest BCUT2D eigenvalue weighted by Gasteiger charge is -2.34. The van der Waals surface area contributed by atoms with Crippen LogP contribution in [0.1, 0.15) is 24.0 Å². The Balaban J connectivity index is 1.32. The van der Waals surface area contributed by atoms with Crippen molar-refractivity contribution in [2.45, 2.75) is 23.2 Å². The van der Waals surface area contributed by atoms with Gasteiger partial charge in [-0.05, 0) is 42.7 Å². The van der Waals surface area contributed by atoms with Gasteiger partial charge in [-0.1, -0.05) is 30.3 Å². The molecule has 4 rings (SSSR count). The number of amides is 2. The van der Waals surface area contributed by atoms with Gasteiger partial charge < -0.3 is 10.2 Å². The number of nitriles is 1. The van der Waals surface area contributed by atoms with Crippen LogP contribution in [0.4, 0.5) is 4.79 Å². The second kappa shape index (κ2) is 8.09. The number of carbonyl (C=O) groups is 1. The SMILES string of the molecule is N#Cc1ccc(S(=O)(=O)N2CCN(C(=O)NCC3(c4ccccc4)CC3)CC2)cc1. The Morgan fingerprint density at radius 3 is 2.20 bits per heavy atom. The van der Waals surface area contributed by atoms with Crippen LogP contribution in [-0.4, -0.2) is 56.4 Å². The topological polar surface area (TPSA) is 93.5 Å². The van der Waals surface area contributed by atoms with Gasteiger partial charge in [0.2, 0.25) is 10.0 Å². The van der Waals surface area contributed by atoms with E-state index in [1.807, 2.05) is 24.3 Å². The van der Waals surface area contributed by atoms with Gasteiger partial charge in [-0.3, -0.25) is 0 Å². The zero-order chi connectivity index (χ0) is 21.2. The summed E-state index contributed by atoms with van der Waals surface area (Å²) in [4.78, 5) is 14.5. The van der Waals surface area contributed by atoms with Crippen molar-refractivity contribution in [3.8, 4) is 6.07 Å². The Bertz CT molecular complexity index is 1050. The monoisotopic (exact) mass is 424 g/mol.